The van der Waals surface area contributed by atoms with Gasteiger partial charge in [0.25, 0.3) is 0 Å². The van der Waals surface area contributed by atoms with Gasteiger partial charge in [-0.15, -0.1) is 0 Å². The number of hydrogen-bond donors (Lipinski definition) is 1. The lowest BCUT2D eigenvalue weighted by molar-refractivity contribution is -0.131. The van der Waals surface area contributed by atoms with Crippen molar-refractivity contribution in [2.75, 3.05) is 0 Å². The summed E-state index contributed by atoms with van der Waals surface area (Å²) < 4.78 is 5.69. The van der Waals surface area contributed by atoms with Crippen LogP contribution in [0.2, 0.25) is 0 Å². The second-order valence-corrected chi connectivity index (χ2v) is 5.83. The Bertz CT molecular complexity index is 333. The van der Waals surface area contributed by atoms with Crippen LogP contribution in [-0.2, 0) is 9.53 Å². The lowest BCUT2D eigenvalue weighted by Crippen LogP contribution is -1.94. The van der Waals surface area contributed by atoms with Crippen LogP contribution in [0.5, 0.6) is 0 Å². The molecule has 0 aromatic carbocycles. The second-order valence-electron chi connectivity index (χ2n) is 5.83. The zero-order valence-corrected chi connectivity index (χ0v) is 13.3. The van der Waals surface area contributed by atoms with Gasteiger partial charge in [-0.3, -0.25) is 0 Å². The first kappa shape index (κ1) is 18.0. The highest BCUT2D eigenvalue weighted by atomic mass is 16.6. The summed E-state index contributed by atoms with van der Waals surface area (Å²) in [5, 5.41) is 8.42. The molecule has 0 spiro atoms. The van der Waals surface area contributed by atoms with E-state index in [9.17, 15) is 4.79 Å². The Morgan fingerprint density at radius 2 is 1.67 bits per heavy atom. The third-order valence-electron chi connectivity index (χ3n) is 3.88. The quantitative estimate of drug-likeness (QED) is 0.228. The van der Waals surface area contributed by atoms with E-state index in [2.05, 4.69) is 6.92 Å². The van der Waals surface area contributed by atoms with E-state index in [1.807, 2.05) is 6.08 Å². The molecule has 0 aromatic rings. The number of epoxide rings is 1. The largest absolute Gasteiger partial charge is 0.478 e. The fraction of sp³-hybridized carbons (Fsp3) is 0.722. The summed E-state index contributed by atoms with van der Waals surface area (Å²) in [5.74, 6) is -0.899. The zero-order chi connectivity index (χ0) is 15.3. The highest BCUT2D eigenvalue weighted by Gasteiger charge is 2.36. The van der Waals surface area contributed by atoms with Crippen LogP contribution in [0.3, 0.4) is 0 Å². The van der Waals surface area contributed by atoms with E-state index in [0.717, 1.165) is 25.3 Å². The van der Waals surface area contributed by atoms with Gasteiger partial charge in [-0.05, 0) is 25.7 Å². The second kappa shape index (κ2) is 11.6. The summed E-state index contributed by atoms with van der Waals surface area (Å²) in [7, 11) is 0. The summed E-state index contributed by atoms with van der Waals surface area (Å²) >= 11 is 0. The molecule has 1 fully saturated rings. The van der Waals surface area contributed by atoms with Crippen LogP contribution in [0.1, 0.15) is 71.1 Å². The van der Waals surface area contributed by atoms with E-state index in [4.69, 9.17) is 9.84 Å². The molecule has 21 heavy (non-hydrogen) atoms. The number of hydrogen-bond acceptors (Lipinski definition) is 2. The molecule has 1 saturated heterocycles. The summed E-state index contributed by atoms with van der Waals surface area (Å²) in [4.78, 5) is 10.2. The molecule has 2 atom stereocenters. The molecular weight excluding hydrogens is 264 g/mol. The fourth-order valence-corrected chi connectivity index (χ4v) is 2.56. The topological polar surface area (TPSA) is 49.8 Å². The Morgan fingerprint density at radius 1 is 1.00 bits per heavy atom. The first-order chi connectivity index (χ1) is 10.2. The van der Waals surface area contributed by atoms with Gasteiger partial charge in [0.05, 0.1) is 12.2 Å². The Hall–Kier alpha value is -1.09. The smallest absolute Gasteiger partial charge is 0.328 e. The number of carbonyl (C=O) groups is 1. The Balaban J connectivity index is 1.87. The maximum atomic E-state index is 10.2. The van der Waals surface area contributed by atoms with Crippen LogP contribution in [0, 0.1) is 0 Å². The van der Waals surface area contributed by atoms with Gasteiger partial charge >= 0.3 is 5.97 Å². The van der Waals surface area contributed by atoms with Crippen molar-refractivity contribution in [3.05, 3.63) is 24.3 Å². The van der Waals surface area contributed by atoms with Crippen molar-refractivity contribution < 1.29 is 14.6 Å². The van der Waals surface area contributed by atoms with E-state index in [1.54, 1.807) is 12.2 Å². The molecule has 3 nitrogen and oxygen atoms in total. The molecule has 0 radical (unpaired) electrons. The highest BCUT2D eigenvalue weighted by Crippen LogP contribution is 2.31. The van der Waals surface area contributed by atoms with Crippen molar-refractivity contribution >= 4 is 5.97 Å². The predicted molar refractivity (Wildman–Crippen MR) is 86.4 cm³/mol. The maximum absolute atomic E-state index is 10.2. The minimum absolute atomic E-state index is 0.489. The standard InChI is InChI=1S/C18H30O3/c1-2-3-4-5-7-10-13-16-17(21-16)14-11-8-6-9-12-15-18(19)20/h6,9,12,15-17H,2-5,7-8,10-11,13-14H2,1H3,(H,19,20)/b9-6?,15-12-/t16-,17+/m0/s1. The van der Waals surface area contributed by atoms with Gasteiger partial charge in [-0.25, -0.2) is 4.79 Å². The lowest BCUT2D eigenvalue weighted by Gasteiger charge is -1.98. The number of allylic oxidation sites excluding steroid dienone is 3. The zero-order valence-electron chi connectivity index (χ0n) is 13.3. The number of rotatable bonds is 13. The number of aliphatic carboxylic acids is 1. The molecule has 1 heterocycles. The molecule has 1 aliphatic rings. The normalized spacial score (nSPS) is 21.4. The first-order valence-electron chi connectivity index (χ1n) is 8.45. The SMILES string of the molecule is CCCCCCCC[C@@H]1O[C@@H]1CCCC=C/C=C\C(=O)O. The highest BCUT2D eigenvalue weighted by molar-refractivity contribution is 5.80. The van der Waals surface area contributed by atoms with Crippen molar-refractivity contribution in [3.8, 4) is 0 Å². The van der Waals surface area contributed by atoms with Crippen molar-refractivity contribution in [2.24, 2.45) is 0 Å². The molecule has 1 rings (SSSR count). The van der Waals surface area contributed by atoms with Crippen LogP contribution >= 0.6 is 0 Å². The summed E-state index contributed by atoms with van der Waals surface area (Å²) in [6.45, 7) is 2.25. The fourth-order valence-electron chi connectivity index (χ4n) is 2.56. The molecule has 0 amide bonds. The average molecular weight is 294 g/mol. The van der Waals surface area contributed by atoms with Crippen LogP contribution in [0.15, 0.2) is 24.3 Å². The molecule has 0 unspecified atom stereocenters. The predicted octanol–water partition coefficient (Wildman–Crippen LogP) is 4.87. The third-order valence-corrected chi connectivity index (χ3v) is 3.88. The van der Waals surface area contributed by atoms with Crippen LogP contribution in [0.4, 0.5) is 0 Å². The maximum Gasteiger partial charge on any atom is 0.328 e. The molecule has 120 valence electrons. The molecule has 0 aliphatic carbocycles. The molecule has 0 bridgehead atoms. The van der Waals surface area contributed by atoms with Crippen molar-refractivity contribution in [3.63, 3.8) is 0 Å². The van der Waals surface area contributed by atoms with Gasteiger partial charge in [0.1, 0.15) is 0 Å². The van der Waals surface area contributed by atoms with Gasteiger partial charge < -0.3 is 9.84 Å². The number of carboxylic acids is 1. The van der Waals surface area contributed by atoms with E-state index in [1.165, 1.54) is 44.9 Å². The van der Waals surface area contributed by atoms with Gasteiger partial charge in [-0.2, -0.15) is 0 Å². The molecule has 0 saturated carbocycles. The number of ether oxygens (including phenoxy) is 1. The van der Waals surface area contributed by atoms with Gasteiger partial charge in [0.15, 0.2) is 0 Å². The van der Waals surface area contributed by atoms with Crippen LogP contribution < -0.4 is 0 Å². The van der Waals surface area contributed by atoms with Gasteiger partial charge in [0.2, 0.25) is 0 Å². The average Bonchev–Trinajstić information content (AvgIpc) is 3.20. The Kier molecular flexibility index (Phi) is 9.88. The third kappa shape index (κ3) is 10.3. The van der Waals surface area contributed by atoms with Crippen molar-refractivity contribution in [1.82, 2.24) is 0 Å². The van der Waals surface area contributed by atoms with E-state index in [-0.39, 0.29) is 0 Å². The number of carboxylic acid groups (broad SMARTS) is 1. The molecular formula is C18H30O3. The van der Waals surface area contributed by atoms with Crippen LogP contribution in [-0.4, -0.2) is 23.3 Å². The lowest BCUT2D eigenvalue weighted by atomic mass is 10.1. The summed E-state index contributed by atoms with van der Waals surface area (Å²) in [6, 6.07) is 0. The van der Waals surface area contributed by atoms with Crippen LogP contribution in [0.25, 0.3) is 0 Å². The van der Waals surface area contributed by atoms with Crippen molar-refractivity contribution in [2.45, 2.75) is 83.3 Å². The molecule has 0 aromatic heterocycles. The minimum atomic E-state index is -0.899. The summed E-state index contributed by atoms with van der Waals surface area (Å²) in [5.41, 5.74) is 0. The first-order valence-corrected chi connectivity index (χ1v) is 8.45. The Labute approximate surface area is 129 Å². The minimum Gasteiger partial charge on any atom is -0.478 e. The molecule has 3 heteroatoms. The monoisotopic (exact) mass is 294 g/mol. The van der Waals surface area contributed by atoms with Gasteiger partial charge in [-0.1, -0.05) is 63.7 Å². The van der Waals surface area contributed by atoms with E-state index < -0.39 is 5.97 Å². The van der Waals surface area contributed by atoms with Gasteiger partial charge in [0, 0.05) is 6.08 Å². The molecule has 1 N–H and O–H groups in total. The Morgan fingerprint density at radius 3 is 2.38 bits per heavy atom. The van der Waals surface area contributed by atoms with Crippen molar-refractivity contribution in [1.29, 1.82) is 0 Å². The number of unbranched alkanes of at least 4 members (excludes halogenated alkanes) is 6. The van der Waals surface area contributed by atoms with E-state index >= 15 is 0 Å². The molecule has 1 aliphatic heterocycles. The van der Waals surface area contributed by atoms with E-state index in [0.29, 0.717) is 12.2 Å². The summed E-state index contributed by atoms with van der Waals surface area (Å²) in [6.07, 6.45) is 20.1.